The molecule has 1 amide bonds. The third-order valence-electron chi connectivity index (χ3n) is 14.9. The largest absolute Gasteiger partial charge is 0.442 e. The molecule has 248 valence electrons. The Morgan fingerprint density at radius 3 is 2.57 bits per heavy atom. The summed E-state index contributed by atoms with van der Waals surface area (Å²) in [5, 5.41) is 29.7. The zero-order valence-corrected chi connectivity index (χ0v) is 28.2. The van der Waals surface area contributed by atoms with Crippen LogP contribution in [0.4, 0.5) is 4.79 Å². The lowest BCUT2D eigenvalue weighted by Crippen LogP contribution is -2.58. The van der Waals surface area contributed by atoms with Crippen LogP contribution in [0.25, 0.3) is 0 Å². The summed E-state index contributed by atoms with van der Waals surface area (Å²) in [5.41, 5.74) is 0.542. The van der Waals surface area contributed by atoms with Crippen molar-refractivity contribution < 1.29 is 29.2 Å². The van der Waals surface area contributed by atoms with Gasteiger partial charge in [-0.2, -0.15) is 0 Å². The van der Waals surface area contributed by atoms with Gasteiger partial charge >= 0.3 is 6.09 Å². The molecule has 0 aromatic rings. The molecule has 44 heavy (non-hydrogen) atoms. The summed E-state index contributed by atoms with van der Waals surface area (Å²) in [6.07, 6.45) is 8.97. The Hall–Kier alpha value is -1.19. The van der Waals surface area contributed by atoms with Crippen LogP contribution < -0.4 is 10.6 Å². The van der Waals surface area contributed by atoms with Crippen LogP contribution in [0.5, 0.6) is 0 Å². The van der Waals surface area contributed by atoms with Gasteiger partial charge in [0.2, 0.25) is 0 Å². The normalized spacial score (nSPS) is 51.2. The Bertz CT molecular complexity index is 1180. The number of aliphatic hydroxyl groups excluding tert-OH is 1. The van der Waals surface area contributed by atoms with E-state index < -0.39 is 17.8 Å². The highest BCUT2D eigenvalue weighted by Crippen LogP contribution is 2.88. The number of rotatable bonds is 6. The molecular weight excluding hydrogens is 556 g/mol. The van der Waals surface area contributed by atoms with Gasteiger partial charge in [0.1, 0.15) is 12.2 Å². The molecule has 2 aliphatic heterocycles. The van der Waals surface area contributed by atoms with Crippen LogP contribution in [0.15, 0.2) is 11.6 Å². The standard InChI is InChI=1S/C36H58N2O6/c1-8-22-23-10-11-26-34(7)29(39)28-27(20(3)16-25(43-28)30(42-9-2)32(4,5)41)33(34,6)14-15-36(26)19-35(23,36)13-12-24(22)44-31(40)38-21-17-37-18-21/h8,20-21,23-30,37,39,41H,9-19H2,1-7H3,(H,38,40)/b22-8-/t20-,23+,24?,25-,26?,27+,28+,29+,30+,33?,34-,35?,36?/m1/s1. The molecule has 7 aliphatic rings. The molecule has 5 aliphatic carbocycles. The fourth-order valence-electron chi connectivity index (χ4n) is 12.9. The molecule has 0 aromatic carbocycles. The van der Waals surface area contributed by atoms with E-state index in [1.165, 1.54) is 18.4 Å². The van der Waals surface area contributed by atoms with Crippen molar-refractivity contribution in [3.05, 3.63) is 11.6 Å². The maximum Gasteiger partial charge on any atom is 0.408 e. The third kappa shape index (κ3) is 4.09. The minimum atomic E-state index is -1.03. The number of carbonyl (C=O) groups is 1. The lowest BCUT2D eigenvalue weighted by molar-refractivity contribution is -0.215. The lowest BCUT2D eigenvalue weighted by atomic mass is 9.42. The predicted molar refractivity (Wildman–Crippen MR) is 168 cm³/mol. The molecule has 0 aromatic heterocycles. The number of hydrogen-bond acceptors (Lipinski definition) is 7. The maximum absolute atomic E-state index is 12.7. The Morgan fingerprint density at radius 2 is 1.93 bits per heavy atom. The zero-order valence-electron chi connectivity index (χ0n) is 28.2. The van der Waals surface area contributed by atoms with Gasteiger partial charge in [0.15, 0.2) is 0 Å². The number of fused-ring (bicyclic) bond motifs is 4. The van der Waals surface area contributed by atoms with Crippen molar-refractivity contribution in [2.75, 3.05) is 19.7 Å². The van der Waals surface area contributed by atoms with Gasteiger partial charge in [0.05, 0.1) is 30.0 Å². The van der Waals surface area contributed by atoms with Gasteiger partial charge in [-0.05, 0) is 125 Å². The summed E-state index contributed by atoms with van der Waals surface area (Å²) in [6, 6.07) is 0.176. The smallest absolute Gasteiger partial charge is 0.408 e. The van der Waals surface area contributed by atoms with Gasteiger partial charge in [-0.15, -0.1) is 0 Å². The molecule has 13 atom stereocenters. The van der Waals surface area contributed by atoms with Gasteiger partial charge in [-0.25, -0.2) is 4.79 Å². The second-order valence-corrected chi connectivity index (χ2v) is 16.9. The van der Waals surface area contributed by atoms with Crippen molar-refractivity contribution in [3.8, 4) is 0 Å². The monoisotopic (exact) mass is 614 g/mol. The van der Waals surface area contributed by atoms with Gasteiger partial charge in [0, 0.05) is 25.1 Å². The summed E-state index contributed by atoms with van der Waals surface area (Å²) in [6.45, 7) is 17.1. The van der Waals surface area contributed by atoms with Gasteiger partial charge in [-0.3, -0.25) is 0 Å². The number of amides is 1. The predicted octanol–water partition coefficient (Wildman–Crippen LogP) is 4.96. The summed E-state index contributed by atoms with van der Waals surface area (Å²) < 4.78 is 19.1. The molecule has 4 N–H and O–H groups in total. The van der Waals surface area contributed by atoms with Gasteiger partial charge in [-0.1, -0.05) is 26.8 Å². The van der Waals surface area contributed by atoms with E-state index in [-0.39, 0.29) is 58.0 Å². The van der Waals surface area contributed by atoms with Crippen LogP contribution in [0.2, 0.25) is 0 Å². The van der Waals surface area contributed by atoms with Crippen molar-refractivity contribution in [2.45, 2.75) is 142 Å². The first-order chi connectivity index (χ1) is 20.8. The molecule has 7 rings (SSSR count). The Morgan fingerprint density at radius 1 is 1.18 bits per heavy atom. The Balaban J connectivity index is 1.14. The first-order valence-electron chi connectivity index (χ1n) is 17.8. The van der Waals surface area contributed by atoms with E-state index in [9.17, 15) is 15.0 Å². The minimum Gasteiger partial charge on any atom is -0.442 e. The van der Waals surface area contributed by atoms with E-state index in [0.717, 1.165) is 51.6 Å². The first kappa shape index (κ1) is 31.4. The van der Waals surface area contributed by atoms with Crippen molar-refractivity contribution in [3.63, 3.8) is 0 Å². The van der Waals surface area contributed by atoms with E-state index in [1.54, 1.807) is 0 Å². The molecule has 7 fully saturated rings. The van der Waals surface area contributed by atoms with E-state index in [4.69, 9.17) is 14.2 Å². The molecule has 2 heterocycles. The van der Waals surface area contributed by atoms with Crippen LogP contribution >= 0.6 is 0 Å². The average Bonchev–Trinajstić information content (AvgIpc) is 3.57. The van der Waals surface area contributed by atoms with E-state index in [1.807, 2.05) is 20.8 Å². The number of alkyl carbamates (subject to hydrolysis) is 1. The van der Waals surface area contributed by atoms with Crippen LogP contribution in [0.3, 0.4) is 0 Å². The number of carbonyl (C=O) groups excluding carboxylic acids is 1. The van der Waals surface area contributed by atoms with Crippen LogP contribution in [0, 0.1) is 45.3 Å². The number of aliphatic hydroxyl groups is 2. The second-order valence-electron chi connectivity index (χ2n) is 16.9. The molecule has 0 radical (unpaired) electrons. The second kappa shape index (κ2) is 10.4. The van der Waals surface area contributed by atoms with Gasteiger partial charge < -0.3 is 35.1 Å². The fraction of sp³-hybridized carbons (Fsp3) is 0.917. The Labute approximate surface area is 264 Å². The minimum absolute atomic E-state index is 0.0119. The van der Waals surface area contributed by atoms with Crippen LogP contribution in [0.1, 0.15) is 99.8 Å². The van der Waals surface area contributed by atoms with E-state index in [2.05, 4.69) is 44.4 Å². The molecule has 2 saturated heterocycles. The molecule has 8 nitrogen and oxygen atoms in total. The number of allylic oxidation sites excluding steroid dienone is 1. The van der Waals surface area contributed by atoms with Crippen molar-refractivity contribution >= 4 is 6.09 Å². The molecule has 2 spiro atoms. The van der Waals surface area contributed by atoms with Crippen molar-refractivity contribution in [1.82, 2.24) is 10.6 Å². The van der Waals surface area contributed by atoms with Crippen LogP contribution in [-0.4, -0.2) is 78.2 Å². The lowest BCUT2D eigenvalue weighted by Gasteiger charge is -2.62. The number of ether oxygens (including phenoxy) is 3. The quantitative estimate of drug-likeness (QED) is 0.313. The Kier molecular flexibility index (Phi) is 7.43. The number of nitrogens with one attached hydrogen (secondary N) is 2. The summed E-state index contributed by atoms with van der Waals surface area (Å²) >= 11 is 0. The van der Waals surface area contributed by atoms with E-state index >= 15 is 0 Å². The highest BCUT2D eigenvalue weighted by molar-refractivity contribution is 5.68. The summed E-state index contributed by atoms with van der Waals surface area (Å²) in [7, 11) is 0. The van der Waals surface area contributed by atoms with Crippen LogP contribution in [-0.2, 0) is 14.2 Å². The SMILES string of the molecule is C/C=C1\C(OC(=O)NC2CNC2)CCC23CC24CCC2(C)[C@@H]5[C@H](O[C@@H]([C@H](OCC)C(C)(C)O)C[C@H]5C)[C@H](O)[C@@]2(C)C4CC[C@@H]13. The molecular formula is C36H58N2O6. The number of hydrogen-bond donors (Lipinski definition) is 4. The fourth-order valence-corrected chi connectivity index (χ4v) is 12.9. The highest BCUT2D eigenvalue weighted by Gasteiger charge is 2.84. The molecule has 8 heteroatoms. The molecule has 0 bridgehead atoms. The molecule has 5 unspecified atom stereocenters. The topological polar surface area (TPSA) is 109 Å². The first-order valence-corrected chi connectivity index (χ1v) is 17.8. The third-order valence-corrected chi connectivity index (χ3v) is 14.9. The average molecular weight is 615 g/mol. The van der Waals surface area contributed by atoms with Gasteiger partial charge in [0.25, 0.3) is 0 Å². The maximum atomic E-state index is 12.7. The van der Waals surface area contributed by atoms with Crippen molar-refractivity contribution in [2.24, 2.45) is 45.3 Å². The highest BCUT2D eigenvalue weighted by atomic mass is 16.6. The van der Waals surface area contributed by atoms with E-state index in [0.29, 0.717) is 24.4 Å². The summed E-state index contributed by atoms with van der Waals surface area (Å²) in [5.74, 6) is 1.55. The summed E-state index contributed by atoms with van der Waals surface area (Å²) in [4.78, 5) is 12.7. The van der Waals surface area contributed by atoms with Crippen molar-refractivity contribution in [1.29, 1.82) is 0 Å². The zero-order chi connectivity index (χ0) is 31.4. The molecule has 5 saturated carbocycles.